The Bertz CT molecular complexity index is 697. The van der Waals surface area contributed by atoms with Crippen LogP contribution in [0.25, 0.3) is 0 Å². The predicted octanol–water partition coefficient (Wildman–Crippen LogP) is 3.03. The molecule has 0 spiro atoms. The third kappa shape index (κ3) is 2.89. The van der Waals surface area contributed by atoms with Crippen molar-refractivity contribution in [1.82, 2.24) is 0 Å². The minimum atomic E-state index is -0.547. The van der Waals surface area contributed by atoms with Crippen LogP contribution in [-0.4, -0.2) is 5.91 Å². The van der Waals surface area contributed by atoms with Gasteiger partial charge >= 0.3 is 0 Å². The second kappa shape index (κ2) is 5.56. The molecule has 1 amide bonds. The van der Waals surface area contributed by atoms with Crippen LogP contribution in [0.1, 0.15) is 33.5 Å². The van der Waals surface area contributed by atoms with E-state index in [1.54, 1.807) is 0 Å². The number of hydrogen-bond donors (Lipinski definition) is 2. The summed E-state index contributed by atoms with van der Waals surface area (Å²) in [7, 11) is 0. The Labute approximate surface area is 123 Å². The smallest absolute Gasteiger partial charge is 0.248 e. The molecule has 0 heterocycles. The van der Waals surface area contributed by atoms with E-state index in [1.807, 2.05) is 6.07 Å². The highest BCUT2D eigenvalue weighted by Crippen LogP contribution is 2.25. The molecule has 0 saturated heterocycles. The Morgan fingerprint density at radius 2 is 1.95 bits per heavy atom. The second-order valence-electron chi connectivity index (χ2n) is 5.36. The van der Waals surface area contributed by atoms with E-state index in [4.69, 9.17) is 5.73 Å². The molecule has 108 valence electrons. The minimum absolute atomic E-state index is 0.321. The molecule has 2 aromatic carbocycles. The SMILES string of the molecule is NC(=O)c1ccc(F)c(CNc2ccc3c(c2)CCC3)c1. The van der Waals surface area contributed by atoms with Crippen LogP contribution in [0.2, 0.25) is 0 Å². The third-order valence-corrected chi connectivity index (χ3v) is 3.91. The zero-order chi connectivity index (χ0) is 14.8. The lowest BCUT2D eigenvalue weighted by Gasteiger charge is -2.10. The Morgan fingerprint density at radius 1 is 1.14 bits per heavy atom. The summed E-state index contributed by atoms with van der Waals surface area (Å²) >= 11 is 0. The number of amides is 1. The van der Waals surface area contributed by atoms with E-state index in [1.165, 1.54) is 35.7 Å². The predicted molar refractivity (Wildman–Crippen MR) is 80.7 cm³/mol. The molecule has 3 N–H and O–H groups in total. The monoisotopic (exact) mass is 284 g/mol. The summed E-state index contributed by atoms with van der Waals surface area (Å²) in [6.07, 6.45) is 3.45. The first-order chi connectivity index (χ1) is 10.1. The van der Waals surface area contributed by atoms with E-state index >= 15 is 0 Å². The van der Waals surface area contributed by atoms with Crippen LogP contribution in [0.15, 0.2) is 36.4 Å². The molecule has 0 bridgehead atoms. The first kappa shape index (κ1) is 13.6. The number of carbonyl (C=O) groups excluding carboxylic acids is 1. The molecule has 0 aliphatic heterocycles. The summed E-state index contributed by atoms with van der Waals surface area (Å²) in [5.74, 6) is -0.887. The van der Waals surface area contributed by atoms with E-state index in [2.05, 4.69) is 17.4 Å². The minimum Gasteiger partial charge on any atom is -0.381 e. The average Bonchev–Trinajstić information content (AvgIpc) is 2.93. The summed E-state index contributed by atoms with van der Waals surface area (Å²) < 4.78 is 13.8. The lowest BCUT2D eigenvalue weighted by atomic mass is 10.1. The van der Waals surface area contributed by atoms with Crippen molar-refractivity contribution in [3.8, 4) is 0 Å². The van der Waals surface area contributed by atoms with Crippen LogP contribution >= 0.6 is 0 Å². The molecule has 3 nitrogen and oxygen atoms in total. The first-order valence-corrected chi connectivity index (χ1v) is 7.07. The zero-order valence-electron chi connectivity index (χ0n) is 11.7. The molecule has 0 unspecified atom stereocenters. The number of nitrogens with one attached hydrogen (secondary N) is 1. The van der Waals surface area contributed by atoms with Crippen molar-refractivity contribution in [2.75, 3.05) is 5.32 Å². The normalized spacial score (nSPS) is 13.0. The maximum atomic E-state index is 13.8. The molecule has 21 heavy (non-hydrogen) atoms. The van der Waals surface area contributed by atoms with Crippen molar-refractivity contribution in [2.24, 2.45) is 5.73 Å². The fourth-order valence-corrected chi connectivity index (χ4v) is 2.74. The number of hydrogen-bond acceptors (Lipinski definition) is 2. The fraction of sp³-hybridized carbons (Fsp3) is 0.235. The lowest BCUT2D eigenvalue weighted by Crippen LogP contribution is -2.12. The van der Waals surface area contributed by atoms with Gasteiger partial charge in [0, 0.05) is 23.4 Å². The molecule has 0 saturated carbocycles. The van der Waals surface area contributed by atoms with Gasteiger partial charge in [-0.05, 0) is 60.7 Å². The highest BCUT2D eigenvalue weighted by Gasteiger charge is 2.11. The van der Waals surface area contributed by atoms with Crippen molar-refractivity contribution in [1.29, 1.82) is 0 Å². The van der Waals surface area contributed by atoms with Gasteiger partial charge in [0.15, 0.2) is 0 Å². The molecule has 0 aromatic heterocycles. The fourth-order valence-electron chi connectivity index (χ4n) is 2.74. The maximum absolute atomic E-state index is 13.8. The summed E-state index contributed by atoms with van der Waals surface area (Å²) in [5.41, 5.74) is 9.72. The van der Waals surface area contributed by atoms with Gasteiger partial charge < -0.3 is 11.1 Å². The number of rotatable bonds is 4. The molecule has 0 radical (unpaired) electrons. The molecule has 3 rings (SSSR count). The van der Waals surface area contributed by atoms with Crippen molar-refractivity contribution in [3.05, 3.63) is 64.5 Å². The Balaban J connectivity index is 1.75. The second-order valence-corrected chi connectivity index (χ2v) is 5.36. The van der Waals surface area contributed by atoms with Gasteiger partial charge in [-0.3, -0.25) is 4.79 Å². The standard InChI is InChI=1S/C17H17FN2O/c18-16-7-5-13(17(19)21)8-14(16)10-20-15-6-4-11-2-1-3-12(11)9-15/h4-9,20H,1-3,10H2,(H2,19,21). The van der Waals surface area contributed by atoms with Crippen molar-refractivity contribution < 1.29 is 9.18 Å². The van der Waals surface area contributed by atoms with Gasteiger partial charge in [0.25, 0.3) is 0 Å². The van der Waals surface area contributed by atoms with Crippen LogP contribution in [0.5, 0.6) is 0 Å². The van der Waals surface area contributed by atoms with Crippen molar-refractivity contribution in [3.63, 3.8) is 0 Å². The summed E-state index contributed by atoms with van der Waals surface area (Å²) in [6.45, 7) is 0.325. The Morgan fingerprint density at radius 3 is 2.76 bits per heavy atom. The van der Waals surface area contributed by atoms with E-state index in [0.29, 0.717) is 17.7 Å². The van der Waals surface area contributed by atoms with Gasteiger partial charge in [-0.2, -0.15) is 0 Å². The summed E-state index contributed by atoms with van der Waals surface area (Å²) in [6, 6.07) is 10.4. The number of nitrogens with two attached hydrogens (primary N) is 1. The number of primary amides is 1. The molecule has 0 fully saturated rings. The van der Waals surface area contributed by atoms with Crippen LogP contribution in [0.4, 0.5) is 10.1 Å². The highest BCUT2D eigenvalue weighted by atomic mass is 19.1. The van der Waals surface area contributed by atoms with E-state index in [9.17, 15) is 9.18 Å². The molecule has 1 aliphatic rings. The number of halogens is 1. The molecule has 4 heteroatoms. The van der Waals surface area contributed by atoms with Crippen LogP contribution in [0.3, 0.4) is 0 Å². The van der Waals surface area contributed by atoms with Gasteiger partial charge in [-0.15, -0.1) is 0 Å². The van der Waals surface area contributed by atoms with Gasteiger partial charge in [0.1, 0.15) is 5.82 Å². The van der Waals surface area contributed by atoms with Crippen LogP contribution < -0.4 is 11.1 Å². The molecule has 1 aliphatic carbocycles. The summed E-state index contributed by atoms with van der Waals surface area (Å²) in [5, 5.41) is 3.21. The van der Waals surface area contributed by atoms with Gasteiger partial charge in [-0.1, -0.05) is 6.07 Å². The van der Waals surface area contributed by atoms with E-state index in [-0.39, 0.29) is 5.82 Å². The number of carbonyl (C=O) groups is 1. The van der Waals surface area contributed by atoms with Crippen molar-refractivity contribution in [2.45, 2.75) is 25.8 Å². The molecular formula is C17H17FN2O. The highest BCUT2D eigenvalue weighted by molar-refractivity contribution is 5.92. The molecular weight excluding hydrogens is 267 g/mol. The van der Waals surface area contributed by atoms with E-state index in [0.717, 1.165) is 18.5 Å². The number of aryl methyl sites for hydroxylation is 2. The van der Waals surface area contributed by atoms with Crippen molar-refractivity contribution >= 4 is 11.6 Å². The maximum Gasteiger partial charge on any atom is 0.248 e. The largest absolute Gasteiger partial charge is 0.381 e. The quantitative estimate of drug-likeness (QED) is 0.906. The van der Waals surface area contributed by atoms with Gasteiger partial charge in [-0.25, -0.2) is 4.39 Å². The topological polar surface area (TPSA) is 55.1 Å². The Hall–Kier alpha value is -2.36. The van der Waals surface area contributed by atoms with Crippen LogP contribution in [-0.2, 0) is 19.4 Å². The molecule has 2 aromatic rings. The lowest BCUT2D eigenvalue weighted by molar-refractivity contribution is 0.1000. The first-order valence-electron chi connectivity index (χ1n) is 7.07. The zero-order valence-corrected chi connectivity index (χ0v) is 11.7. The van der Waals surface area contributed by atoms with E-state index < -0.39 is 5.91 Å². The summed E-state index contributed by atoms with van der Waals surface area (Å²) in [4.78, 5) is 11.1. The molecule has 0 atom stereocenters. The number of fused-ring (bicyclic) bond motifs is 1. The van der Waals surface area contributed by atoms with Gasteiger partial charge in [0.05, 0.1) is 0 Å². The third-order valence-electron chi connectivity index (χ3n) is 3.91. The Kier molecular flexibility index (Phi) is 3.60. The van der Waals surface area contributed by atoms with Crippen LogP contribution in [0, 0.1) is 5.82 Å². The van der Waals surface area contributed by atoms with Gasteiger partial charge in [0.2, 0.25) is 5.91 Å². The average molecular weight is 284 g/mol. The number of benzene rings is 2. The number of anilines is 1.